The minimum absolute atomic E-state index is 0.128. The SMILES string of the molecule is Cc1ccc(C(=O)NCCCN(C(C)C)S(C)(=O)=O)cc1S(C)(=O)=O. The first-order chi connectivity index (χ1) is 11.3. The number of carbonyl (C=O) groups excluding carboxylic acids is 1. The number of rotatable bonds is 8. The number of nitrogens with one attached hydrogen (secondary N) is 1. The van der Waals surface area contributed by atoms with Crippen LogP contribution in [-0.2, 0) is 19.9 Å². The Balaban J connectivity index is 2.70. The molecule has 0 spiro atoms. The normalized spacial score (nSPS) is 12.6. The van der Waals surface area contributed by atoms with E-state index in [-0.39, 0.29) is 22.4 Å². The molecule has 0 saturated carbocycles. The maximum atomic E-state index is 12.2. The number of nitrogens with zero attached hydrogens (tertiary/aromatic N) is 1. The molecule has 0 heterocycles. The molecule has 25 heavy (non-hydrogen) atoms. The van der Waals surface area contributed by atoms with Crippen LogP contribution in [0.5, 0.6) is 0 Å². The first-order valence-electron chi connectivity index (χ1n) is 7.89. The third kappa shape index (κ3) is 6.41. The number of benzene rings is 1. The molecule has 0 fully saturated rings. The van der Waals surface area contributed by atoms with Crippen molar-refractivity contribution in [1.82, 2.24) is 9.62 Å². The second kappa shape index (κ2) is 8.29. The Bertz CT molecular complexity index is 830. The van der Waals surface area contributed by atoms with Crippen LogP contribution >= 0.6 is 0 Å². The molecule has 142 valence electrons. The highest BCUT2D eigenvalue weighted by Crippen LogP contribution is 2.17. The van der Waals surface area contributed by atoms with Gasteiger partial charge in [0.15, 0.2) is 9.84 Å². The average molecular weight is 391 g/mol. The predicted molar refractivity (Wildman–Crippen MR) is 97.9 cm³/mol. The van der Waals surface area contributed by atoms with Crippen LogP contribution in [0.3, 0.4) is 0 Å². The molecule has 0 aliphatic heterocycles. The standard InChI is InChI=1S/C16H26N2O5S2/c1-12(2)18(25(5,22)23)10-6-9-17-16(19)14-8-7-13(3)15(11-14)24(4,20)21/h7-8,11-12H,6,9-10H2,1-5H3,(H,17,19). The lowest BCUT2D eigenvalue weighted by molar-refractivity contribution is 0.0952. The van der Waals surface area contributed by atoms with Gasteiger partial charge in [-0.15, -0.1) is 0 Å². The molecule has 1 rings (SSSR count). The van der Waals surface area contributed by atoms with Gasteiger partial charge in [-0.2, -0.15) is 4.31 Å². The molecule has 9 heteroatoms. The Morgan fingerprint density at radius 3 is 2.24 bits per heavy atom. The van der Waals surface area contributed by atoms with E-state index in [2.05, 4.69) is 5.32 Å². The van der Waals surface area contributed by atoms with E-state index in [0.29, 0.717) is 25.1 Å². The summed E-state index contributed by atoms with van der Waals surface area (Å²) < 4.78 is 48.2. The molecule has 1 aromatic rings. The van der Waals surface area contributed by atoms with Crippen molar-refractivity contribution in [1.29, 1.82) is 0 Å². The molecule has 1 N–H and O–H groups in total. The summed E-state index contributed by atoms with van der Waals surface area (Å²) in [6, 6.07) is 4.36. The van der Waals surface area contributed by atoms with Gasteiger partial charge in [0, 0.05) is 31.0 Å². The molecule has 0 aromatic heterocycles. The van der Waals surface area contributed by atoms with Gasteiger partial charge in [-0.3, -0.25) is 4.79 Å². The summed E-state index contributed by atoms with van der Waals surface area (Å²) in [6.07, 6.45) is 2.72. The van der Waals surface area contributed by atoms with Gasteiger partial charge in [0.25, 0.3) is 5.91 Å². The van der Waals surface area contributed by atoms with Crippen LogP contribution in [0.25, 0.3) is 0 Å². The van der Waals surface area contributed by atoms with Crippen molar-refractivity contribution in [3.8, 4) is 0 Å². The number of amides is 1. The van der Waals surface area contributed by atoms with Crippen molar-refractivity contribution < 1.29 is 21.6 Å². The average Bonchev–Trinajstić information content (AvgIpc) is 2.44. The lowest BCUT2D eigenvalue weighted by Crippen LogP contribution is -2.38. The van der Waals surface area contributed by atoms with Crippen LogP contribution in [-0.4, -0.2) is 58.7 Å². The maximum absolute atomic E-state index is 12.2. The van der Waals surface area contributed by atoms with Crippen LogP contribution < -0.4 is 5.32 Å². The highest BCUT2D eigenvalue weighted by Gasteiger charge is 2.19. The number of aryl methyl sites for hydroxylation is 1. The molecule has 0 radical (unpaired) electrons. The van der Waals surface area contributed by atoms with Crippen LogP contribution in [0, 0.1) is 6.92 Å². The highest BCUT2D eigenvalue weighted by atomic mass is 32.2. The van der Waals surface area contributed by atoms with Crippen molar-refractivity contribution in [3.05, 3.63) is 29.3 Å². The van der Waals surface area contributed by atoms with Crippen molar-refractivity contribution >= 4 is 25.8 Å². The van der Waals surface area contributed by atoms with Crippen LogP contribution in [0.4, 0.5) is 0 Å². The maximum Gasteiger partial charge on any atom is 0.251 e. The van der Waals surface area contributed by atoms with Gasteiger partial charge in [0.05, 0.1) is 11.2 Å². The van der Waals surface area contributed by atoms with E-state index in [1.165, 1.54) is 10.4 Å². The Hall–Kier alpha value is -1.45. The van der Waals surface area contributed by atoms with Crippen molar-refractivity contribution in [2.75, 3.05) is 25.6 Å². The van der Waals surface area contributed by atoms with E-state index in [0.717, 1.165) is 12.5 Å². The van der Waals surface area contributed by atoms with Crippen LogP contribution in [0.1, 0.15) is 36.2 Å². The number of hydrogen-bond acceptors (Lipinski definition) is 5. The second-order valence-corrected chi connectivity index (χ2v) is 10.2. The largest absolute Gasteiger partial charge is 0.352 e. The van der Waals surface area contributed by atoms with Crippen molar-refractivity contribution in [2.24, 2.45) is 0 Å². The predicted octanol–water partition coefficient (Wildman–Crippen LogP) is 1.19. The summed E-state index contributed by atoms with van der Waals surface area (Å²) in [5, 5.41) is 2.69. The Morgan fingerprint density at radius 2 is 1.76 bits per heavy atom. The third-order valence-corrected chi connectivity index (χ3v) is 6.39. The molecule has 0 bridgehead atoms. The van der Waals surface area contributed by atoms with Gasteiger partial charge in [-0.1, -0.05) is 6.07 Å². The minimum Gasteiger partial charge on any atom is -0.352 e. The van der Waals surface area contributed by atoms with E-state index in [1.54, 1.807) is 32.9 Å². The molecule has 0 saturated heterocycles. The van der Waals surface area contributed by atoms with Gasteiger partial charge in [-0.05, 0) is 44.9 Å². The highest BCUT2D eigenvalue weighted by molar-refractivity contribution is 7.90. The first-order valence-corrected chi connectivity index (χ1v) is 11.6. The summed E-state index contributed by atoms with van der Waals surface area (Å²) in [6.45, 7) is 5.85. The fraction of sp³-hybridized carbons (Fsp3) is 0.562. The molecule has 1 aromatic carbocycles. The monoisotopic (exact) mass is 390 g/mol. The van der Waals surface area contributed by atoms with Crippen molar-refractivity contribution in [2.45, 2.75) is 38.1 Å². The van der Waals surface area contributed by atoms with Gasteiger partial charge in [0.1, 0.15) is 0 Å². The Kier molecular flexibility index (Phi) is 7.16. The lowest BCUT2D eigenvalue weighted by Gasteiger charge is -2.23. The summed E-state index contributed by atoms with van der Waals surface area (Å²) >= 11 is 0. The number of hydrogen-bond donors (Lipinski definition) is 1. The summed E-state index contributed by atoms with van der Waals surface area (Å²) in [7, 11) is -6.70. The quantitative estimate of drug-likeness (QED) is 0.672. The minimum atomic E-state index is -3.41. The van der Waals surface area contributed by atoms with Crippen LogP contribution in [0.2, 0.25) is 0 Å². The molecule has 0 aliphatic rings. The topological polar surface area (TPSA) is 101 Å². The van der Waals surface area contributed by atoms with E-state index < -0.39 is 19.9 Å². The zero-order valence-electron chi connectivity index (χ0n) is 15.2. The molecule has 0 atom stereocenters. The van der Waals surface area contributed by atoms with Gasteiger partial charge >= 0.3 is 0 Å². The summed E-state index contributed by atoms with van der Waals surface area (Å²) in [5.74, 6) is -0.389. The Labute approximate surface area is 150 Å². The first kappa shape index (κ1) is 21.6. The molecule has 0 aliphatic carbocycles. The molecule has 0 unspecified atom stereocenters. The van der Waals surface area contributed by atoms with Gasteiger partial charge < -0.3 is 5.32 Å². The second-order valence-electron chi connectivity index (χ2n) is 6.33. The molecule has 7 nitrogen and oxygen atoms in total. The zero-order chi connectivity index (χ0) is 19.4. The lowest BCUT2D eigenvalue weighted by atomic mass is 10.1. The van der Waals surface area contributed by atoms with E-state index in [1.807, 2.05) is 0 Å². The Morgan fingerprint density at radius 1 is 1.16 bits per heavy atom. The molecular formula is C16H26N2O5S2. The van der Waals surface area contributed by atoms with E-state index in [4.69, 9.17) is 0 Å². The number of sulfone groups is 1. The molecule has 1 amide bonds. The van der Waals surface area contributed by atoms with Crippen LogP contribution in [0.15, 0.2) is 23.1 Å². The zero-order valence-corrected chi connectivity index (χ0v) is 16.9. The van der Waals surface area contributed by atoms with E-state index in [9.17, 15) is 21.6 Å². The number of carbonyl (C=O) groups is 1. The van der Waals surface area contributed by atoms with Crippen molar-refractivity contribution in [3.63, 3.8) is 0 Å². The summed E-state index contributed by atoms with van der Waals surface area (Å²) in [5.41, 5.74) is 0.842. The summed E-state index contributed by atoms with van der Waals surface area (Å²) in [4.78, 5) is 12.3. The van der Waals surface area contributed by atoms with Gasteiger partial charge in [-0.25, -0.2) is 16.8 Å². The number of sulfonamides is 1. The fourth-order valence-electron chi connectivity index (χ4n) is 2.49. The molecular weight excluding hydrogens is 364 g/mol. The van der Waals surface area contributed by atoms with Gasteiger partial charge in [0.2, 0.25) is 10.0 Å². The fourth-order valence-corrected chi connectivity index (χ4v) is 4.71. The smallest absolute Gasteiger partial charge is 0.251 e. The third-order valence-electron chi connectivity index (χ3n) is 3.69. The van der Waals surface area contributed by atoms with E-state index >= 15 is 0 Å².